The summed E-state index contributed by atoms with van der Waals surface area (Å²) in [5.41, 5.74) is -0.434. The molecule has 0 aromatic heterocycles. The number of carbonyl (C=O) groups is 2. The number of amides is 1. The third-order valence-corrected chi connectivity index (χ3v) is 2.96. The van der Waals surface area contributed by atoms with E-state index < -0.39 is 23.5 Å². The number of rotatable bonds is 7. The predicted octanol–water partition coefficient (Wildman–Crippen LogP) is 2.60. The molecule has 1 aromatic carbocycles. The number of halogens is 1. The first-order valence-electron chi connectivity index (χ1n) is 6.85. The first-order valence-corrected chi connectivity index (χ1v) is 6.85. The van der Waals surface area contributed by atoms with Crippen LogP contribution < -0.4 is 10.1 Å². The second-order valence-corrected chi connectivity index (χ2v) is 4.91. The van der Waals surface area contributed by atoms with E-state index in [-0.39, 0.29) is 17.7 Å². The van der Waals surface area contributed by atoms with Gasteiger partial charge in [-0.3, -0.25) is 4.79 Å². The summed E-state index contributed by atoms with van der Waals surface area (Å²) in [5.74, 6) is -2.42. The number of carboxylic acids is 1. The Balaban J connectivity index is 2.66. The van der Waals surface area contributed by atoms with E-state index in [1.165, 1.54) is 6.07 Å². The van der Waals surface area contributed by atoms with Crippen LogP contribution in [-0.2, 0) is 4.79 Å². The van der Waals surface area contributed by atoms with Gasteiger partial charge in [0.1, 0.15) is 11.6 Å². The second-order valence-electron chi connectivity index (χ2n) is 4.91. The Bertz CT molecular complexity index is 518. The maximum atomic E-state index is 13.5. The van der Waals surface area contributed by atoms with E-state index in [0.29, 0.717) is 0 Å². The molecule has 0 spiro atoms. The summed E-state index contributed by atoms with van der Waals surface area (Å²) in [5, 5.41) is 11.5. The maximum Gasteiger partial charge on any atom is 0.338 e. The summed E-state index contributed by atoms with van der Waals surface area (Å²) in [6, 6.07) is 3.44. The van der Waals surface area contributed by atoms with Crippen molar-refractivity contribution < 1.29 is 23.8 Å². The van der Waals surface area contributed by atoms with E-state index in [1.807, 2.05) is 13.8 Å². The van der Waals surface area contributed by atoms with Gasteiger partial charge < -0.3 is 15.2 Å². The Labute approximate surface area is 123 Å². The smallest absolute Gasteiger partial charge is 0.338 e. The van der Waals surface area contributed by atoms with Crippen LogP contribution >= 0.6 is 0 Å². The molecular weight excluding hydrogens is 277 g/mol. The zero-order valence-corrected chi connectivity index (χ0v) is 12.4. The quantitative estimate of drug-likeness (QED) is 0.811. The number of hydrogen-bond donors (Lipinski definition) is 2. The largest absolute Gasteiger partial charge is 0.481 e. The number of ether oxygens (including phenoxy) is 1. The molecule has 0 aliphatic rings. The van der Waals surface area contributed by atoms with Crippen molar-refractivity contribution in [3.63, 3.8) is 0 Å². The second kappa shape index (κ2) is 7.61. The molecule has 0 bridgehead atoms. The fraction of sp³-hybridized carbons (Fsp3) is 0.467. The summed E-state index contributed by atoms with van der Waals surface area (Å²) < 4.78 is 18.8. The van der Waals surface area contributed by atoms with Crippen LogP contribution in [-0.4, -0.2) is 29.1 Å². The van der Waals surface area contributed by atoms with Crippen LogP contribution in [0.3, 0.4) is 0 Å². The van der Waals surface area contributed by atoms with E-state index in [1.54, 1.807) is 6.92 Å². The topological polar surface area (TPSA) is 75.6 Å². The van der Waals surface area contributed by atoms with Crippen LogP contribution in [0.2, 0.25) is 0 Å². The fourth-order valence-corrected chi connectivity index (χ4v) is 1.87. The number of aromatic carboxylic acids is 1. The van der Waals surface area contributed by atoms with Crippen molar-refractivity contribution in [2.75, 3.05) is 0 Å². The lowest BCUT2D eigenvalue weighted by atomic mass is 10.2. The molecule has 2 atom stereocenters. The Morgan fingerprint density at radius 2 is 2.05 bits per heavy atom. The summed E-state index contributed by atoms with van der Waals surface area (Å²) >= 11 is 0. The van der Waals surface area contributed by atoms with Gasteiger partial charge in [-0.2, -0.15) is 0 Å². The summed E-state index contributed by atoms with van der Waals surface area (Å²) in [6.07, 6.45) is 1.03. The monoisotopic (exact) mass is 297 g/mol. The van der Waals surface area contributed by atoms with Gasteiger partial charge in [0, 0.05) is 12.1 Å². The minimum Gasteiger partial charge on any atom is -0.481 e. The van der Waals surface area contributed by atoms with Gasteiger partial charge in [0.15, 0.2) is 6.10 Å². The van der Waals surface area contributed by atoms with Crippen LogP contribution in [0.5, 0.6) is 5.75 Å². The van der Waals surface area contributed by atoms with Gasteiger partial charge in [-0.05, 0) is 32.4 Å². The molecule has 0 radical (unpaired) electrons. The highest BCUT2D eigenvalue weighted by Gasteiger charge is 2.18. The third kappa shape index (κ3) is 5.06. The third-order valence-electron chi connectivity index (χ3n) is 2.96. The predicted molar refractivity (Wildman–Crippen MR) is 76.0 cm³/mol. The lowest BCUT2D eigenvalue weighted by molar-refractivity contribution is -0.127. The Morgan fingerprint density at radius 1 is 1.38 bits per heavy atom. The first kappa shape index (κ1) is 16.9. The number of carbonyl (C=O) groups excluding carboxylic acids is 1. The molecule has 0 saturated heterocycles. The molecule has 1 aromatic rings. The molecule has 6 heteroatoms. The lowest BCUT2D eigenvalue weighted by Gasteiger charge is -2.18. The zero-order chi connectivity index (χ0) is 16.0. The minimum atomic E-state index is -1.35. The van der Waals surface area contributed by atoms with Crippen LogP contribution in [0.4, 0.5) is 4.39 Å². The van der Waals surface area contributed by atoms with Gasteiger partial charge in [-0.15, -0.1) is 0 Å². The highest BCUT2D eigenvalue weighted by atomic mass is 19.1. The summed E-state index contributed by atoms with van der Waals surface area (Å²) in [7, 11) is 0. The Hall–Kier alpha value is -2.11. The minimum absolute atomic E-state index is 0.0414. The van der Waals surface area contributed by atoms with E-state index in [4.69, 9.17) is 9.84 Å². The summed E-state index contributed by atoms with van der Waals surface area (Å²) in [6.45, 7) is 5.47. The molecule has 0 saturated carbocycles. The molecule has 1 amide bonds. The molecule has 2 unspecified atom stereocenters. The molecule has 21 heavy (non-hydrogen) atoms. The van der Waals surface area contributed by atoms with E-state index in [0.717, 1.165) is 25.0 Å². The van der Waals surface area contributed by atoms with Crippen LogP contribution in [0.15, 0.2) is 18.2 Å². The molecule has 116 valence electrons. The molecule has 0 fully saturated rings. The molecule has 0 heterocycles. The molecule has 1 rings (SSSR count). The highest BCUT2D eigenvalue weighted by molar-refractivity contribution is 5.88. The number of benzene rings is 1. The van der Waals surface area contributed by atoms with E-state index in [2.05, 4.69) is 5.32 Å². The Morgan fingerprint density at radius 3 is 2.57 bits per heavy atom. The fourth-order valence-electron chi connectivity index (χ4n) is 1.87. The highest BCUT2D eigenvalue weighted by Crippen LogP contribution is 2.18. The average Bonchev–Trinajstić information content (AvgIpc) is 2.38. The summed E-state index contributed by atoms with van der Waals surface area (Å²) in [4.78, 5) is 22.6. The SMILES string of the molecule is CCCC(C)NC(=O)C(C)Oc1ccc(C(=O)O)c(F)c1. The molecule has 2 N–H and O–H groups in total. The van der Waals surface area contributed by atoms with Crippen molar-refractivity contribution in [3.8, 4) is 5.75 Å². The van der Waals surface area contributed by atoms with Crippen LogP contribution in [0.1, 0.15) is 44.0 Å². The number of hydrogen-bond acceptors (Lipinski definition) is 3. The van der Waals surface area contributed by atoms with Gasteiger partial charge in [0.25, 0.3) is 5.91 Å². The van der Waals surface area contributed by atoms with Crippen LogP contribution in [0, 0.1) is 5.82 Å². The van der Waals surface area contributed by atoms with Crippen molar-refractivity contribution in [1.82, 2.24) is 5.32 Å². The number of nitrogens with one attached hydrogen (secondary N) is 1. The molecule has 0 aliphatic heterocycles. The van der Waals surface area contributed by atoms with E-state index in [9.17, 15) is 14.0 Å². The van der Waals surface area contributed by atoms with Crippen molar-refractivity contribution >= 4 is 11.9 Å². The lowest BCUT2D eigenvalue weighted by Crippen LogP contribution is -2.41. The van der Waals surface area contributed by atoms with Gasteiger partial charge in [0.05, 0.1) is 5.56 Å². The van der Waals surface area contributed by atoms with Crippen molar-refractivity contribution in [2.45, 2.75) is 45.8 Å². The molecule has 5 nitrogen and oxygen atoms in total. The molecular formula is C15H20FNO4. The van der Waals surface area contributed by atoms with Gasteiger partial charge >= 0.3 is 5.97 Å². The van der Waals surface area contributed by atoms with Crippen molar-refractivity contribution in [3.05, 3.63) is 29.6 Å². The average molecular weight is 297 g/mol. The van der Waals surface area contributed by atoms with Crippen molar-refractivity contribution in [2.24, 2.45) is 0 Å². The number of carboxylic acid groups (broad SMARTS) is 1. The van der Waals surface area contributed by atoms with E-state index >= 15 is 0 Å². The van der Waals surface area contributed by atoms with Crippen LogP contribution in [0.25, 0.3) is 0 Å². The Kier molecular flexibility index (Phi) is 6.14. The first-order chi connectivity index (χ1) is 9.85. The normalized spacial score (nSPS) is 13.3. The molecule has 0 aliphatic carbocycles. The zero-order valence-electron chi connectivity index (χ0n) is 12.4. The van der Waals surface area contributed by atoms with Crippen molar-refractivity contribution in [1.29, 1.82) is 0 Å². The van der Waals surface area contributed by atoms with Gasteiger partial charge in [-0.25, -0.2) is 9.18 Å². The maximum absolute atomic E-state index is 13.5. The standard InChI is InChI=1S/C15H20FNO4/c1-4-5-9(2)17-14(18)10(3)21-11-6-7-12(15(19)20)13(16)8-11/h6-10H,4-5H2,1-3H3,(H,17,18)(H,19,20). The van der Waals surface area contributed by atoms with Gasteiger partial charge in [-0.1, -0.05) is 13.3 Å². The van der Waals surface area contributed by atoms with Gasteiger partial charge in [0.2, 0.25) is 0 Å².